The Morgan fingerprint density at radius 1 is 1.43 bits per heavy atom. The highest BCUT2D eigenvalue weighted by Gasteiger charge is 2.27. The lowest BCUT2D eigenvalue weighted by molar-refractivity contribution is 0.565. The van der Waals surface area contributed by atoms with Gasteiger partial charge >= 0.3 is 0 Å². The first-order valence-electron chi connectivity index (χ1n) is 6.66. The Balaban J connectivity index is 1.68. The van der Waals surface area contributed by atoms with Crippen molar-refractivity contribution in [3.05, 3.63) is 35.1 Å². The number of hydrogen-bond donors (Lipinski definition) is 1. The van der Waals surface area contributed by atoms with E-state index in [0.29, 0.717) is 22.9 Å². The normalized spacial score (nSPS) is 13.8. The molecule has 1 saturated carbocycles. The molecule has 1 aromatic heterocycles. The topological polar surface area (TPSA) is 69.6 Å². The van der Waals surface area contributed by atoms with Gasteiger partial charge in [-0.3, -0.25) is 0 Å². The number of nitrogens with zero attached hydrogens (tertiary/aromatic N) is 4. The van der Waals surface area contributed by atoms with Crippen molar-refractivity contribution >= 4 is 11.8 Å². The fraction of sp³-hybridized carbons (Fsp3) is 0.357. The number of halogens is 1. The SMILES string of the molecule is NCC#Cc1ccc(CSc2nnnn2C2CC2)c(F)c1. The van der Waals surface area contributed by atoms with Crippen LogP contribution in [-0.2, 0) is 5.75 Å². The van der Waals surface area contributed by atoms with Gasteiger partial charge in [-0.2, -0.15) is 0 Å². The average Bonchev–Trinajstić information content (AvgIpc) is 3.23. The highest BCUT2D eigenvalue weighted by atomic mass is 32.2. The maximum atomic E-state index is 14.0. The largest absolute Gasteiger partial charge is 0.320 e. The van der Waals surface area contributed by atoms with E-state index in [4.69, 9.17) is 5.73 Å². The molecule has 0 spiro atoms. The minimum absolute atomic E-state index is 0.267. The summed E-state index contributed by atoms with van der Waals surface area (Å²) in [6.07, 6.45) is 2.23. The zero-order valence-corrected chi connectivity index (χ0v) is 12.1. The lowest BCUT2D eigenvalue weighted by Crippen LogP contribution is -1.99. The molecule has 0 aliphatic heterocycles. The van der Waals surface area contributed by atoms with E-state index >= 15 is 0 Å². The van der Waals surface area contributed by atoms with Gasteiger partial charge < -0.3 is 5.73 Å². The molecule has 0 unspecified atom stereocenters. The predicted octanol–water partition coefficient (Wildman–Crippen LogP) is 1.75. The molecule has 21 heavy (non-hydrogen) atoms. The van der Waals surface area contributed by atoms with Crippen LogP contribution in [0.4, 0.5) is 4.39 Å². The molecule has 1 aliphatic carbocycles. The molecular weight excluding hydrogens is 289 g/mol. The van der Waals surface area contributed by atoms with Gasteiger partial charge in [0.05, 0.1) is 12.6 Å². The lowest BCUT2D eigenvalue weighted by atomic mass is 10.1. The highest BCUT2D eigenvalue weighted by molar-refractivity contribution is 7.98. The predicted molar refractivity (Wildman–Crippen MR) is 78.0 cm³/mol. The van der Waals surface area contributed by atoms with E-state index in [9.17, 15) is 4.39 Å². The number of thioether (sulfide) groups is 1. The fourth-order valence-corrected chi connectivity index (χ4v) is 2.80. The van der Waals surface area contributed by atoms with Crippen molar-refractivity contribution in [1.82, 2.24) is 20.2 Å². The highest BCUT2D eigenvalue weighted by Crippen LogP contribution is 2.37. The Bertz CT molecular complexity index is 699. The van der Waals surface area contributed by atoms with Crippen LogP contribution < -0.4 is 5.73 Å². The van der Waals surface area contributed by atoms with Gasteiger partial charge in [-0.15, -0.1) is 5.10 Å². The number of nitrogens with two attached hydrogens (primary N) is 1. The van der Waals surface area contributed by atoms with Gasteiger partial charge in [0.1, 0.15) is 5.82 Å². The van der Waals surface area contributed by atoms with Crippen LogP contribution in [0.3, 0.4) is 0 Å². The molecule has 0 atom stereocenters. The summed E-state index contributed by atoms with van der Waals surface area (Å²) < 4.78 is 15.8. The van der Waals surface area contributed by atoms with Crippen LogP contribution in [0.15, 0.2) is 23.4 Å². The first kappa shape index (κ1) is 14.0. The molecule has 2 aromatic rings. The second-order valence-corrected chi connectivity index (χ2v) is 5.68. The molecule has 1 aliphatic rings. The number of benzene rings is 1. The first-order valence-corrected chi connectivity index (χ1v) is 7.64. The van der Waals surface area contributed by atoms with Crippen LogP contribution in [0.2, 0.25) is 0 Å². The molecule has 0 radical (unpaired) electrons. The van der Waals surface area contributed by atoms with E-state index in [-0.39, 0.29) is 12.4 Å². The minimum Gasteiger partial charge on any atom is -0.320 e. The summed E-state index contributed by atoms with van der Waals surface area (Å²) in [7, 11) is 0. The molecule has 0 bridgehead atoms. The van der Waals surface area contributed by atoms with Crippen LogP contribution in [-0.4, -0.2) is 26.8 Å². The van der Waals surface area contributed by atoms with Gasteiger partial charge in [-0.25, -0.2) is 9.07 Å². The van der Waals surface area contributed by atoms with Gasteiger partial charge in [-0.1, -0.05) is 29.7 Å². The van der Waals surface area contributed by atoms with Crippen LogP contribution in [0, 0.1) is 17.7 Å². The molecule has 2 N–H and O–H groups in total. The average molecular weight is 303 g/mol. The Labute approximate surface area is 126 Å². The van der Waals surface area contributed by atoms with E-state index < -0.39 is 0 Å². The maximum absolute atomic E-state index is 14.0. The Kier molecular flexibility index (Phi) is 4.18. The molecule has 0 amide bonds. The molecule has 1 aromatic carbocycles. The fourth-order valence-electron chi connectivity index (χ4n) is 1.87. The summed E-state index contributed by atoms with van der Waals surface area (Å²) >= 11 is 1.44. The summed E-state index contributed by atoms with van der Waals surface area (Å²) in [6.45, 7) is 0.267. The minimum atomic E-state index is -0.267. The number of tetrazole rings is 1. The second kappa shape index (κ2) is 6.24. The first-order chi connectivity index (χ1) is 10.3. The maximum Gasteiger partial charge on any atom is 0.209 e. The van der Waals surface area contributed by atoms with Crippen molar-refractivity contribution in [2.24, 2.45) is 5.73 Å². The van der Waals surface area contributed by atoms with Gasteiger partial charge in [-0.05, 0) is 41.0 Å². The van der Waals surface area contributed by atoms with Gasteiger partial charge in [0.15, 0.2) is 0 Å². The van der Waals surface area contributed by atoms with Crippen molar-refractivity contribution < 1.29 is 4.39 Å². The van der Waals surface area contributed by atoms with Crippen LogP contribution in [0.25, 0.3) is 0 Å². The van der Waals surface area contributed by atoms with E-state index in [0.717, 1.165) is 18.0 Å². The van der Waals surface area contributed by atoms with Crippen LogP contribution in [0.5, 0.6) is 0 Å². The summed E-state index contributed by atoms with van der Waals surface area (Å²) in [4.78, 5) is 0. The van der Waals surface area contributed by atoms with Gasteiger partial charge in [0.2, 0.25) is 5.16 Å². The number of hydrogen-bond acceptors (Lipinski definition) is 5. The Morgan fingerprint density at radius 3 is 3.00 bits per heavy atom. The lowest BCUT2D eigenvalue weighted by Gasteiger charge is -2.04. The summed E-state index contributed by atoms with van der Waals surface area (Å²) in [6, 6.07) is 5.39. The monoisotopic (exact) mass is 303 g/mol. The molecule has 3 rings (SSSR count). The smallest absolute Gasteiger partial charge is 0.209 e. The molecule has 108 valence electrons. The second-order valence-electron chi connectivity index (χ2n) is 4.74. The molecule has 1 heterocycles. The van der Waals surface area contributed by atoms with E-state index in [1.165, 1.54) is 17.8 Å². The summed E-state index contributed by atoms with van der Waals surface area (Å²) in [5.41, 5.74) is 6.55. The third-order valence-corrected chi connectivity index (χ3v) is 4.08. The van der Waals surface area contributed by atoms with Crippen molar-refractivity contribution in [1.29, 1.82) is 0 Å². The van der Waals surface area contributed by atoms with Crippen molar-refractivity contribution in [3.63, 3.8) is 0 Å². The van der Waals surface area contributed by atoms with Crippen molar-refractivity contribution in [2.45, 2.75) is 29.8 Å². The molecule has 7 heteroatoms. The quantitative estimate of drug-likeness (QED) is 0.688. The van der Waals surface area contributed by atoms with Crippen molar-refractivity contribution in [3.8, 4) is 11.8 Å². The van der Waals surface area contributed by atoms with Crippen molar-refractivity contribution in [2.75, 3.05) is 6.54 Å². The van der Waals surface area contributed by atoms with Crippen LogP contribution >= 0.6 is 11.8 Å². The van der Waals surface area contributed by atoms with Gasteiger partial charge in [0.25, 0.3) is 0 Å². The van der Waals surface area contributed by atoms with Gasteiger partial charge in [0, 0.05) is 11.3 Å². The van der Waals surface area contributed by atoms with E-state index in [2.05, 4.69) is 27.4 Å². The van der Waals surface area contributed by atoms with E-state index in [1.807, 2.05) is 4.68 Å². The Morgan fingerprint density at radius 2 is 2.29 bits per heavy atom. The summed E-state index contributed by atoms with van der Waals surface area (Å²) in [5, 5.41) is 12.4. The molecule has 0 saturated heterocycles. The van der Waals surface area contributed by atoms with Crippen LogP contribution in [0.1, 0.15) is 30.0 Å². The van der Waals surface area contributed by atoms with E-state index in [1.54, 1.807) is 12.1 Å². The number of aromatic nitrogens is 4. The standard InChI is InChI=1S/C14H14FN5S/c15-13-8-10(2-1-7-16)3-4-11(13)9-21-14-17-18-19-20(14)12-5-6-12/h3-4,8,12H,5-7,9,16H2. The molecular formula is C14H14FN5S. The molecule has 5 nitrogen and oxygen atoms in total. The Hall–Kier alpha value is -1.91. The zero-order valence-electron chi connectivity index (χ0n) is 11.3. The third kappa shape index (κ3) is 3.40. The molecule has 1 fully saturated rings. The number of rotatable bonds is 4. The summed E-state index contributed by atoms with van der Waals surface area (Å²) in [5.74, 6) is 5.75. The zero-order chi connectivity index (χ0) is 14.7. The third-order valence-electron chi connectivity index (χ3n) is 3.10.